The van der Waals surface area contributed by atoms with Crippen LogP contribution in [0.1, 0.15) is 27.2 Å². The van der Waals surface area contributed by atoms with Gasteiger partial charge in [-0.3, -0.25) is 4.79 Å². The van der Waals surface area contributed by atoms with Crippen molar-refractivity contribution in [2.24, 2.45) is 5.41 Å². The zero-order valence-electron chi connectivity index (χ0n) is 10.7. The maximum atomic E-state index is 11.7. The number of carboxylic acids is 1. The number of nitrogens with one attached hydrogen (secondary N) is 1. The van der Waals surface area contributed by atoms with Gasteiger partial charge < -0.3 is 5.11 Å². The first-order chi connectivity index (χ1) is 7.57. The van der Waals surface area contributed by atoms with Crippen LogP contribution < -0.4 is 4.72 Å². The van der Waals surface area contributed by atoms with Gasteiger partial charge in [-0.15, -0.1) is 0 Å². The topological polar surface area (TPSA) is 83.5 Å². The van der Waals surface area contributed by atoms with Crippen molar-refractivity contribution >= 4 is 27.8 Å². The molecule has 0 aromatic rings. The molecule has 1 atom stereocenters. The van der Waals surface area contributed by atoms with Crippen LogP contribution in [0.2, 0.25) is 0 Å². The first-order valence-corrected chi connectivity index (χ1v) is 8.34. The Kier molecular flexibility index (Phi) is 6.50. The lowest BCUT2D eigenvalue weighted by atomic mass is 10.0. The summed E-state index contributed by atoms with van der Waals surface area (Å²) in [5, 5.41) is 8.93. The van der Waals surface area contributed by atoms with Gasteiger partial charge in [-0.2, -0.15) is 11.8 Å². The van der Waals surface area contributed by atoms with Crippen molar-refractivity contribution in [3.05, 3.63) is 0 Å². The maximum absolute atomic E-state index is 11.7. The minimum atomic E-state index is -3.55. The SMILES string of the molecule is CSCCC(NS(=O)(=O)CC(C)(C)C)C(=O)O. The summed E-state index contributed by atoms with van der Waals surface area (Å²) in [6.45, 7) is 5.39. The molecule has 0 amide bonds. The standard InChI is InChI=1S/C10H21NO4S2/c1-10(2,3)7-17(14,15)11-8(9(12)13)5-6-16-4/h8,11H,5-7H2,1-4H3,(H,12,13). The summed E-state index contributed by atoms with van der Waals surface area (Å²) in [6.07, 6.45) is 2.14. The fraction of sp³-hybridized carbons (Fsp3) is 0.900. The number of hydrogen-bond acceptors (Lipinski definition) is 4. The molecule has 7 heteroatoms. The van der Waals surface area contributed by atoms with Crippen LogP contribution in [0.3, 0.4) is 0 Å². The van der Waals surface area contributed by atoms with Crippen molar-refractivity contribution in [3.8, 4) is 0 Å². The number of sulfonamides is 1. The van der Waals surface area contributed by atoms with Crippen molar-refractivity contribution in [2.75, 3.05) is 17.8 Å². The molecule has 0 aliphatic rings. The second kappa shape index (κ2) is 6.61. The molecule has 0 bridgehead atoms. The van der Waals surface area contributed by atoms with Gasteiger partial charge in [0.25, 0.3) is 0 Å². The molecule has 5 nitrogen and oxygen atoms in total. The average Bonchev–Trinajstić information content (AvgIpc) is 2.07. The Labute approximate surface area is 107 Å². The maximum Gasteiger partial charge on any atom is 0.321 e. The van der Waals surface area contributed by atoms with Crippen LogP contribution >= 0.6 is 11.8 Å². The molecule has 0 rings (SSSR count). The van der Waals surface area contributed by atoms with Gasteiger partial charge >= 0.3 is 5.97 Å². The smallest absolute Gasteiger partial charge is 0.321 e. The minimum Gasteiger partial charge on any atom is -0.480 e. The highest BCUT2D eigenvalue weighted by Gasteiger charge is 2.27. The van der Waals surface area contributed by atoms with Gasteiger partial charge in [-0.05, 0) is 23.8 Å². The van der Waals surface area contributed by atoms with Crippen molar-refractivity contribution < 1.29 is 18.3 Å². The van der Waals surface area contributed by atoms with Gasteiger partial charge in [0.2, 0.25) is 10.0 Å². The Morgan fingerprint density at radius 1 is 1.41 bits per heavy atom. The molecule has 0 spiro atoms. The van der Waals surface area contributed by atoms with E-state index in [1.165, 1.54) is 11.8 Å². The Morgan fingerprint density at radius 3 is 2.29 bits per heavy atom. The van der Waals surface area contributed by atoms with E-state index in [0.29, 0.717) is 12.2 Å². The van der Waals surface area contributed by atoms with Crippen LogP contribution in [0.15, 0.2) is 0 Å². The quantitative estimate of drug-likeness (QED) is 0.732. The third kappa shape index (κ3) is 8.45. The van der Waals surface area contributed by atoms with Gasteiger partial charge in [0.1, 0.15) is 6.04 Å². The van der Waals surface area contributed by atoms with E-state index < -0.39 is 27.4 Å². The highest BCUT2D eigenvalue weighted by Crippen LogP contribution is 2.16. The van der Waals surface area contributed by atoms with Gasteiger partial charge in [0.15, 0.2) is 0 Å². The van der Waals surface area contributed by atoms with Crippen molar-refractivity contribution in [1.82, 2.24) is 4.72 Å². The molecule has 0 radical (unpaired) electrons. The first kappa shape index (κ1) is 16.7. The predicted octanol–water partition coefficient (Wildman–Crippen LogP) is 1.16. The third-order valence-electron chi connectivity index (χ3n) is 1.85. The summed E-state index contributed by atoms with van der Waals surface area (Å²) in [5.41, 5.74) is -0.394. The summed E-state index contributed by atoms with van der Waals surface area (Å²) in [6, 6.07) is -1.03. The Bertz CT molecular complexity index is 346. The van der Waals surface area contributed by atoms with E-state index in [1.807, 2.05) is 6.26 Å². The van der Waals surface area contributed by atoms with E-state index in [2.05, 4.69) is 4.72 Å². The molecule has 0 heterocycles. The lowest BCUT2D eigenvalue weighted by Crippen LogP contribution is -2.44. The second-order valence-corrected chi connectivity index (χ2v) is 7.85. The van der Waals surface area contributed by atoms with Crippen LogP contribution in [-0.2, 0) is 14.8 Å². The van der Waals surface area contributed by atoms with E-state index >= 15 is 0 Å². The lowest BCUT2D eigenvalue weighted by Gasteiger charge is -2.20. The predicted molar refractivity (Wildman–Crippen MR) is 70.8 cm³/mol. The van der Waals surface area contributed by atoms with E-state index in [-0.39, 0.29) is 5.75 Å². The monoisotopic (exact) mass is 283 g/mol. The number of hydrogen-bond donors (Lipinski definition) is 2. The fourth-order valence-corrected chi connectivity index (χ4v) is 3.64. The number of aliphatic carboxylic acids is 1. The van der Waals surface area contributed by atoms with Crippen molar-refractivity contribution in [2.45, 2.75) is 33.2 Å². The summed E-state index contributed by atoms with van der Waals surface area (Å²) in [4.78, 5) is 10.9. The summed E-state index contributed by atoms with van der Waals surface area (Å²) in [5.74, 6) is -0.602. The molecule has 0 fully saturated rings. The molecule has 0 saturated heterocycles. The third-order valence-corrected chi connectivity index (χ3v) is 4.39. The van der Waals surface area contributed by atoms with E-state index in [1.54, 1.807) is 20.8 Å². The van der Waals surface area contributed by atoms with Crippen LogP contribution in [0.5, 0.6) is 0 Å². The van der Waals surface area contributed by atoms with Crippen LogP contribution in [0.25, 0.3) is 0 Å². The molecule has 2 N–H and O–H groups in total. The van der Waals surface area contributed by atoms with Crippen LogP contribution in [0, 0.1) is 5.41 Å². The average molecular weight is 283 g/mol. The van der Waals surface area contributed by atoms with E-state index in [0.717, 1.165) is 0 Å². The van der Waals surface area contributed by atoms with E-state index in [4.69, 9.17) is 5.11 Å². The van der Waals surface area contributed by atoms with Crippen molar-refractivity contribution in [3.63, 3.8) is 0 Å². The molecular formula is C10H21NO4S2. The van der Waals surface area contributed by atoms with Gasteiger partial charge in [0, 0.05) is 0 Å². The molecule has 0 saturated carbocycles. The molecular weight excluding hydrogens is 262 g/mol. The number of rotatable bonds is 7. The highest BCUT2D eigenvalue weighted by molar-refractivity contribution is 7.98. The van der Waals surface area contributed by atoms with Crippen LogP contribution in [-0.4, -0.2) is 43.3 Å². The van der Waals surface area contributed by atoms with Gasteiger partial charge in [-0.1, -0.05) is 20.8 Å². The largest absolute Gasteiger partial charge is 0.480 e. The molecule has 0 aromatic heterocycles. The van der Waals surface area contributed by atoms with Crippen LogP contribution in [0.4, 0.5) is 0 Å². The number of thioether (sulfide) groups is 1. The molecule has 1 unspecified atom stereocenters. The Morgan fingerprint density at radius 2 is 1.94 bits per heavy atom. The second-order valence-electron chi connectivity index (χ2n) is 5.11. The zero-order valence-corrected chi connectivity index (χ0v) is 12.3. The van der Waals surface area contributed by atoms with E-state index in [9.17, 15) is 13.2 Å². The summed E-state index contributed by atoms with van der Waals surface area (Å²) >= 11 is 1.49. The van der Waals surface area contributed by atoms with Crippen molar-refractivity contribution in [1.29, 1.82) is 0 Å². The first-order valence-electron chi connectivity index (χ1n) is 5.29. The van der Waals surface area contributed by atoms with Gasteiger partial charge in [-0.25, -0.2) is 13.1 Å². The molecule has 0 aromatic carbocycles. The highest BCUT2D eigenvalue weighted by atomic mass is 32.2. The molecule has 102 valence electrons. The molecule has 0 aliphatic heterocycles. The zero-order chi connectivity index (χ0) is 13.7. The number of carboxylic acid groups (broad SMARTS) is 1. The lowest BCUT2D eigenvalue weighted by molar-refractivity contribution is -0.139. The summed E-state index contributed by atoms with van der Waals surface area (Å²) in [7, 11) is -3.55. The fourth-order valence-electron chi connectivity index (χ4n) is 1.30. The molecule has 17 heavy (non-hydrogen) atoms. The van der Waals surface area contributed by atoms with Gasteiger partial charge in [0.05, 0.1) is 5.75 Å². The molecule has 0 aliphatic carbocycles. The Balaban J connectivity index is 4.59. The number of carbonyl (C=O) groups is 1. The minimum absolute atomic E-state index is 0.0803. The summed E-state index contributed by atoms with van der Waals surface area (Å²) < 4.78 is 25.7. The Hall–Kier alpha value is -0.270. The normalized spacial score (nSPS) is 14.6.